The van der Waals surface area contributed by atoms with Crippen molar-refractivity contribution in [1.29, 1.82) is 0 Å². The predicted molar refractivity (Wildman–Crippen MR) is 198 cm³/mol. The van der Waals surface area contributed by atoms with E-state index in [1.54, 1.807) is 65.6 Å². The molecule has 54 heavy (non-hydrogen) atoms. The Hall–Kier alpha value is -5.61. The van der Waals surface area contributed by atoms with Crippen LogP contribution in [-0.2, 0) is 23.1 Å². The Labute approximate surface area is 311 Å². The minimum absolute atomic E-state index is 0.0221. The zero-order valence-electron chi connectivity index (χ0n) is 30.2. The van der Waals surface area contributed by atoms with E-state index in [9.17, 15) is 22.0 Å². The lowest BCUT2D eigenvalue weighted by Gasteiger charge is -2.24. The van der Waals surface area contributed by atoms with Gasteiger partial charge < -0.3 is 29.2 Å². The first kappa shape index (κ1) is 38.1. The maximum absolute atomic E-state index is 14.5. The maximum Gasteiger partial charge on any atom is 0.278 e. The molecular weight excluding hydrogens is 723 g/mol. The molecule has 0 atom stereocenters. The van der Waals surface area contributed by atoms with Gasteiger partial charge in [-0.05, 0) is 36.8 Å². The molecule has 1 amide bonds. The molecule has 13 nitrogen and oxygen atoms in total. The summed E-state index contributed by atoms with van der Waals surface area (Å²) in [5.74, 6) is -1.49. The molecule has 16 heteroatoms. The standard InChI is InChI=1S/C38H40F2N6O7S/c1-50-28-12-10-25(32(21-28)52-3)23-46(24-26-11-13-29(51-2)22-33(26)53-4)54(48,49)34-20-27(14-17-41-34)42-37(47)35-36(44-31-9-6-5-8-30(31)43-35)45-18-7-15-38(39,40)16-19-45/h5-6,8-14,17,20-22H,7,15-16,18-19,23-24H2,1-4H3,(H,41,42,47). The van der Waals surface area contributed by atoms with E-state index in [1.165, 1.54) is 51.1 Å². The van der Waals surface area contributed by atoms with Gasteiger partial charge in [-0.3, -0.25) is 4.79 Å². The molecule has 0 radical (unpaired) electrons. The Bertz CT molecular complexity index is 2200. The highest BCUT2D eigenvalue weighted by Gasteiger charge is 2.34. The fourth-order valence-electron chi connectivity index (χ4n) is 6.16. The fraction of sp³-hybridized carbons (Fsp3) is 0.316. The lowest BCUT2D eigenvalue weighted by Crippen LogP contribution is -2.31. The Morgan fingerprint density at radius 3 is 2.02 bits per heavy atom. The van der Waals surface area contributed by atoms with E-state index in [-0.39, 0.29) is 61.2 Å². The number of aromatic nitrogens is 3. The smallest absolute Gasteiger partial charge is 0.278 e. The van der Waals surface area contributed by atoms with Crippen LogP contribution in [0.5, 0.6) is 23.0 Å². The monoisotopic (exact) mass is 762 g/mol. The molecule has 5 aromatic rings. The summed E-state index contributed by atoms with van der Waals surface area (Å²) in [5.41, 5.74) is 2.06. The van der Waals surface area contributed by atoms with Gasteiger partial charge in [0.05, 0.1) is 39.5 Å². The average Bonchev–Trinajstić information content (AvgIpc) is 3.37. The second kappa shape index (κ2) is 16.2. The third-order valence-corrected chi connectivity index (χ3v) is 10.8. The van der Waals surface area contributed by atoms with Crippen molar-refractivity contribution in [3.8, 4) is 23.0 Å². The summed E-state index contributed by atoms with van der Waals surface area (Å²) in [6, 6.07) is 19.8. The Morgan fingerprint density at radius 1 is 0.815 bits per heavy atom. The first-order valence-corrected chi connectivity index (χ1v) is 18.5. The van der Waals surface area contributed by atoms with E-state index >= 15 is 0 Å². The highest BCUT2D eigenvalue weighted by molar-refractivity contribution is 7.89. The van der Waals surface area contributed by atoms with Gasteiger partial charge in [0.1, 0.15) is 23.0 Å². The first-order chi connectivity index (χ1) is 25.9. The molecule has 1 N–H and O–H groups in total. The molecule has 0 bridgehead atoms. The number of alkyl halides is 2. The number of nitrogens with zero attached hydrogens (tertiary/aromatic N) is 5. The van der Waals surface area contributed by atoms with Gasteiger partial charge in [-0.1, -0.05) is 24.3 Å². The molecule has 0 aliphatic carbocycles. The van der Waals surface area contributed by atoms with Crippen molar-refractivity contribution in [2.45, 2.75) is 43.3 Å². The zero-order valence-corrected chi connectivity index (χ0v) is 31.0. The molecule has 6 rings (SSSR count). The van der Waals surface area contributed by atoms with Crippen molar-refractivity contribution in [2.24, 2.45) is 0 Å². The number of methoxy groups -OCH3 is 4. The summed E-state index contributed by atoms with van der Waals surface area (Å²) in [6.07, 6.45) is 0.811. The summed E-state index contributed by atoms with van der Waals surface area (Å²) < 4.78 is 80.7. The number of para-hydroxylation sites is 2. The topological polar surface area (TPSA) is 145 Å². The van der Waals surface area contributed by atoms with E-state index in [2.05, 4.69) is 20.3 Å². The van der Waals surface area contributed by atoms with Gasteiger partial charge in [0.2, 0.25) is 5.92 Å². The van der Waals surface area contributed by atoms with E-state index in [0.717, 1.165) is 0 Å². The van der Waals surface area contributed by atoms with Gasteiger partial charge in [-0.25, -0.2) is 32.2 Å². The maximum atomic E-state index is 14.5. The fourth-order valence-corrected chi connectivity index (χ4v) is 7.51. The number of nitrogens with one attached hydrogen (secondary N) is 1. The number of fused-ring (bicyclic) bond motifs is 1. The third kappa shape index (κ3) is 8.44. The van der Waals surface area contributed by atoms with Gasteiger partial charge in [-0.2, -0.15) is 4.31 Å². The third-order valence-electron chi connectivity index (χ3n) is 9.06. The van der Waals surface area contributed by atoms with Crippen LogP contribution in [0.1, 0.15) is 40.9 Å². The number of hydrogen-bond donors (Lipinski definition) is 1. The van der Waals surface area contributed by atoms with Crippen LogP contribution in [0.3, 0.4) is 0 Å². The van der Waals surface area contributed by atoms with Crippen molar-refractivity contribution in [2.75, 3.05) is 51.7 Å². The summed E-state index contributed by atoms with van der Waals surface area (Å²) in [7, 11) is 1.60. The summed E-state index contributed by atoms with van der Waals surface area (Å²) >= 11 is 0. The molecule has 0 saturated carbocycles. The molecule has 3 heterocycles. The molecule has 3 aromatic carbocycles. The Balaban J connectivity index is 1.35. The van der Waals surface area contributed by atoms with Crippen LogP contribution >= 0.6 is 0 Å². The second-order valence-electron chi connectivity index (χ2n) is 12.5. The molecule has 2 aromatic heterocycles. The largest absolute Gasteiger partial charge is 0.497 e. The molecule has 1 saturated heterocycles. The molecular formula is C38H40F2N6O7S. The molecule has 0 unspecified atom stereocenters. The van der Waals surface area contributed by atoms with E-state index in [4.69, 9.17) is 18.9 Å². The van der Waals surface area contributed by atoms with Crippen molar-refractivity contribution < 1.29 is 40.9 Å². The van der Waals surface area contributed by atoms with E-state index in [1.807, 2.05) is 0 Å². The van der Waals surface area contributed by atoms with Crippen LogP contribution in [0.2, 0.25) is 0 Å². The number of pyridine rings is 1. The molecule has 0 spiro atoms. The highest BCUT2D eigenvalue weighted by atomic mass is 32.2. The number of ether oxygens (including phenoxy) is 4. The predicted octanol–water partition coefficient (Wildman–Crippen LogP) is 6.33. The number of sulfonamides is 1. The van der Waals surface area contributed by atoms with Gasteiger partial charge in [0.25, 0.3) is 15.9 Å². The zero-order chi connectivity index (χ0) is 38.5. The molecule has 284 valence electrons. The number of rotatable bonds is 13. The van der Waals surface area contributed by atoms with Gasteiger partial charge in [0.15, 0.2) is 16.5 Å². The minimum Gasteiger partial charge on any atom is -0.497 e. The molecule has 1 aliphatic rings. The minimum atomic E-state index is -4.38. The summed E-state index contributed by atoms with van der Waals surface area (Å²) in [5, 5.41) is 2.39. The normalized spacial score (nSPS) is 14.4. The van der Waals surface area contributed by atoms with Crippen LogP contribution in [0, 0.1) is 0 Å². The van der Waals surface area contributed by atoms with Crippen LogP contribution in [0.25, 0.3) is 11.0 Å². The van der Waals surface area contributed by atoms with Crippen molar-refractivity contribution >= 4 is 38.5 Å². The van der Waals surface area contributed by atoms with Crippen LogP contribution < -0.4 is 29.2 Å². The number of amides is 1. The number of carbonyl (C=O) groups is 1. The lowest BCUT2D eigenvalue weighted by molar-refractivity contribution is -0.0102. The number of hydrogen-bond acceptors (Lipinski definition) is 11. The quantitative estimate of drug-likeness (QED) is 0.144. The van der Waals surface area contributed by atoms with Gasteiger partial charge in [0, 0.05) is 80.2 Å². The van der Waals surface area contributed by atoms with Gasteiger partial charge >= 0.3 is 0 Å². The number of carbonyl (C=O) groups excluding carboxylic acids is 1. The van der Waals surface area contributed by atoms with Crippen molar-refractivity contribution in [3.63, 3.8) is 0 Å². The molecule has 1 fully saturated rings. The number of benzene rings is 3. The van der Waals surface area contributed by atoms with Crippen LogP contribution in [0.15, 0.2) is 84.0 Å². The first-order valence-electron chi connectivity index (χ1n) is 17.0. The average molecular weight is 763 g/mol. The summed E-state index contributed by atoms with van der Waals surface area (Å²) in [4.78, 5) is 29.0. The summed E-state index contributed by atoms with van der Waals surface area (Å²) in [6.45, 7) is -0.0260. The molecule has 1 aliphatic heterocycles. The van der Waals surface area contributed by atoms with Crippen LogP contribution in [0.4, 0.5) is 20.3 Å². The Kier molecular flexibility index (Phi) is 11.4. The van der Waals surface area contributed by atoms with Crippen molar-refractivity contribution in [3.05, 3.63) is 95.8 Å². The van der Waals surface area contributed by atoms with E-state index < -0.39 is 28.3 Å². The second-order valence-corrected chi connectivity index (χ2v) is 14.4. The van der Waals surface area contributed by atoms with E-state index in [0.29, 0.717) is 45.2 Å². The van der Waals surface area contributed by atoms with Crippen LogP contribution in [-0.4, -0.2) is 81.0 Å². The number of halogens is 2. The van der Waals surface area contributed by atoms with Crippen molar-refractivity contribution in [1.82, 2.24) is 19.3 Å². The Morgan fingerprint density at radius 2 is 1.43 bits per heavy atom. The lowest BCUT2D eigenvalue weighted by atomic mass is 10.1. The van der Waals surface area contributed by atoms with Gasteiger partial charge in [-0.15, -0.1) is 0 Å². The number of anilines is 2. The highest BCUT2D eigenvalue weighted by Crippen LogP contribution is 2.34. The SMILES string of the molecule is COc1ccc(CN(Cc2ccc(OC)cc2OC)S(=O)(=O)c2cc(NC(=O)c3nc4ccccc4nc3N3CCCC(F)(F)CC3)ccn2)c(OC)c1.